The summed E-state index contributed by atoms with van der Waals surface area (Å²) in [6.07, 6.45) is 3.00. The number of hydrogen-bond acceptors (Lipinski definition) is 8. The van der Waals surface area contributed by atoms with Gasteiger partial charge in [0.15, 0.2) is 0 Å². The second-order valence-corrected chi connectivity index (χ2v) is 43.9. The van der Waals surface area contributed by atoms with Gasteiger partial charge in [0.25, 0.3) is 0 Å². The number of aryl methyl sites for hydroxylation is 18. The molecular weight excluding hydrogens is 1210 g/mol. The number of carboxylic acid groups (broad SMARTS) is 2. The van der Waals surface area contributed by atoms with Crippen LogP contribution in [-0.2, 0) is 9.59 Å². The molecule has 1 aliphatic carbocycles. The van der Waals surface area contributed by atoms with Crippen LogP contribution in [0.2, 0.25) is 7.36 Å². The molecule has 0 saturated heterocycles. The normalized spacial score (nSPS) is 15.3. The molecule has 0 amide bonds. The molecular formula is C68H72O10Sn2. The van der Waals surface area contributed by atoms with E-state index in [1.54, 1.807) is 156 Å². The fraction of sp³-hybridized carbons (Fsp3) is 0.294. The molecule has 0 aromatic heterocycles. The van der Waals surface area contributed by atoms with Gasteiger partial charge in [0.2, 0.25) is 0 Å². The van der Waals surface area contributed by atoms with Crippen molar-refractivity contribution >= 4 is 71.5 Å². The summed E-state index contributed by atoms with van der Waals surface area (Å²) in [6, 6.07) is 20.7. The first-order valence-corrected chi connectivity index (χ1v) is 38.5. The van der Waals surface area contributed by atoms with E-state index in [2.05, 4.69) is 0 Å². The first-order valence-electron chi connectivity index (χ1n) is 26.9. The summed E-state index contributed by atoms with van der Waals surface area (Å²) in [5, 5.41) is 24.6. The van der Waals surface area contributed by atoms with Gasteiger partial charge in [0.1, 0.15) is 0 Å². The Hall–Kier alpha value is -6.64. The van der Waals surface area contributed by atoms with Gasteiger partial charge >= 0.3 is 482 Å². The number of rotatable bonds is 16. The predicted octanol–water partition coefficient (Wildman–Crippen LogP) is 13.7. The van der Waals surface area contributed by atoms with Crippen LogP contribution in [-0.4, -0.2) is 81.7 Å². The van der Waals surface area contributed by atoms with Crippen LogP contribution in [0, 0.1) is 125 Å². The summed E-state index contributed by atoms with van der Waals surface area (Å²) in [5.74, 6) is -3.52. The van der Waals surface area contributed by atoms with E-state index in [4.69, 9.17) is 0 Å². The van der Waals surface area contributed by atoms with Crippen molar-refractivity contribution in [3.8, 4) is 0 Å². The Morgan fingerprint density at radius 2 is 0.537 bits per heavy atom. The number of benzene rings is 6. The van der Waals surface area contributed by atoms with Crippen molar-refractivity contribution in [2.45, 2.75) is 132 Å². The van der Waals surface area contributed by atoms with Crippen molar-refractivity contribution in [2.24, 2.45) is 0 Å². The minimum atomic E-state index is -7.86. The predicted molar refractivity (Wildman–Crippen MR) is 320 cm³/mol. The van der Waals surface area contributed by atoms with Gasteiger partial charge in [0, 0.05) is 0 Å². The third-order valence-corrected chi connectivity index (χ3v) is 45.1. The molecule has 412 valence electrons. The fourth-order valence-electron chi connectivity index (χ4n) is 14.0. The maximum absolute atomic E-state index is 17.7. The SMILES string of the molecule is Cc1cc(C)c([C](=O)[Sn]([C](=O)c2c(C)cc(C)cc2C)([C](=O)c2c(C)cc(C)cc2C)[CH]2C=C(C(=O)O)C=C[C]2(C(=O)O)[Sn]([C](=O)c2c(C)cc(C)cc2C)([C](=O)c2c(C)cc(C)cc2C)[C](=O)c2c(C)cc(C)cc2C)c(C)c1. The van der Waals surface area contributed by atoms with Crippen LogP contribution in [0.5, 0.6) is 0 Å². The molecule has 2 atom stereocenters. The van der Waals surface area contributed by atoms with Gasteiger partial charge in [0.05, 0.1) is 0 Å². The molecule has 0 spiro atoms. The van der Waals surface area contributed by atoms with Crippen molar-refractivity contribution in [3.63, 3.8) is 0 Å². The summed E-state index contributed by atoms with van der Waals surface area (Å²) in [6.45, 7) is 30.9. The van der Waals surface area contributed by atoms with Crippen molar-refractivity contribution in [2.75, 3.05) is 0 Å². The summed E-state index contributed by atoms with van der Waals surface area (Å²) in [5.41, 5.74) is 7.66. The van der Waals surface area contributed by atoms with Crippen LogP contribution < -0.4 is 0 Å². The van der Waals surface area contributed by atoms with Crippen LogP contribution in [0.25, 0.3) is 0 Å². The zero-order chi connectivity index (χ0) is 59.7. The van der Waals surface area contributed by atoms with Gasteiger partial charge < -0.3 is 0 Å². The zero-order valence-electron chi connectivity index (χ0n) is 49.4. The Morgan fingerprint density at radius 3 is 0.725 bits per heavy atom. The average molecular weight is 1290 g/mol. The number of allylic oxidation sites excluding steroid dienone is 1. The van der Waals surface area contributed by atoms with E-state index in [0.717, 1.165) is 51.6 Å². The van der Waals surface area contributed by atoms with Gasteiger partial charge in [-0.15, -0.1) is 0 Å². The first kappa shape index (κ1) is 61.0. The van der Waals surface area contributed by atoms with Crippen LogP contribution >= 0.6 is 0 Å². The molecule has 1 aliphatic rings. The van der Waals surface area contributed by atoms with Gasteiger partial charge in [-0.1, -0.05) is 0 Å². The Balaban J connectivity index is 1.95. The summed E-state index contributed by atoms with van der Waals surface area (Å²) < 4.78 is -11.7. The molecule has 6 aromatic rings. The van der Waals surface area contributed by atoms with Crippen molar-refractivity contribution in [1.29, 1.82) is 0 Å². The summed E-state index contributed by atoms with van der Waals surface area (Å²) in [7, 11) is 0. The van der Waals surface area contributed by atoms with E-state index >= 15 is 33.6 Å². The summed E-state index contributed by atoms with van der Waals surface area (Å²) in [4.78, 5) is 136. The number of carbonyl (C=O) groups excluding carboxylic acids is 6. The van der Waals surface area contributed by atoms with Crippen molar-refractivity contribution in [3.05, 3.63) is 230 Å². The molecule has 0 fully saturated rings. The molecule has 0 heterocycles. The maximum atomic E-state index is 17.7. The van der Waals surface area contributed by atoms with Crippen molar-refractivity contribution < 1.29 is 48.6 Å². The zero-order valence-corrected chi connectivity index (χ0v) is 55.1. The first-order chi connectivity index (χ1) is 37.2. The van der Waals surface area contributed by atoms with E-state index in [0.29, 0.717) is 66.8 Å². The van der Waals surface area contributed by atoms with E-state index in [1.165, 1.54) is 0 Å². The van der Waals surface area contributed by atoms with Crippen LogP contribution in [0.3, 0.4) is 0 Å². The molecule has 10 nitrogen and oxygen atoms in total. The number of hydrogen-bond donors (Lipinski definition) is 2. The van der Waals surface area contributed by atoms with E-state index < -0.39 is 84.4 Å². The number of carbonyl (C=O) groups is 8. The molecule has 2 unspecified atom stereocenters. The topological polar surface area (TPSA) is 177 Å². The molecule has 2 N–H and O–H groups in total. The quantitative estimate of drug-likeness (QED) is 0.0887. The molecule has 6 aromatic carbocycles. The average Bonchev–Trinajstić information content (AvgIpc) is 3.30. The number of aliphatic carboxylic acids is 2. The Kier molecular flexibility index (Phi) is 17.0. The number of carboxylic acids is 2. The van der Waals surface area contributed by atoms with Gasteiger partial charge in [-0.25, -0.2) is 0 Å². The summed E-state index contributed by atoms with van der Waals surface area (Å²) >= 11 is -15.5. The molecule has 0 saturated carbocycles. The molecule has 0 radical (unpaired) electrons. The van der Waals surface area contributed by atoms with E-state index in [-0.39, 0.29) is 33.4 Å². The van der Waals surface area contributed by atoms with Crippen LogP contribution in [0.1, 0.15) is 162 Å². The Morgan fingerprint density at radius 1 is 0.338 bits per heavy atom. The van der Waals surface area contributed by atoms with Gasteiger partial charge in [-0.3, -0.25) is 0 Å². The monoisotopic (exact) mass is 1290 g/mol. The second-order valence-electron chi connectivity index (χ2n) is 23.1. The molecule has 12 heteroatoms. The Labute approximate surface area is 478 Å². The third-order valence-electron chi connectivity index (χ3n) is 16.6. The molecule has 7 rings (SSSR count). The van der Waals surface area contributed by atoms with Crippen molar-refractivity contribution in [1.82, 2.24) is 0 Å². The Bertz CT molecular complexity index is 3370. The molecule has 0 aliphatic heterocycles. The third kappa shape index (κ3) is 9.75. The second kappa shape index (κ2) is 22.4. The standard InChI is InChI=1S/6C10H11O.C8H6O4.2Sn/c6*1-7-4-8(2)10(6-11)9(3)5-7;9-7(10)5-1-2-6(4-3-5)8(11)12;;/h6*4-5H,1-3H3;1-4H,(H,9,10)(H,11,12);;. The molecule has 80 heavy (non-hydrogen) atoms. The van der Waals surface area contributed by atoms with Gasteiger partial charge in [-0.05, 0) is 0 Å². The van der Waals surface area contributed by atoms with Crippen LogP contribution in [0.4, 0.5) is 0 Å². The molecule has 0 bridgehead atoms. The van der Waals surface area contributed by atoms with Crippen LogP contribution in [0.15, 0.2) is 96.6 Å². The minimum absolute atomic E-state index is 0.0393. The fourth-order valence-corrected chi connectivity index (χ4v) is 52.0. The van der Waals surface area contributed by atoms with E-state index in [9.17, 15) is 15.0 Å². The van der Waals surface area contributed by atoms with E-state index in [1.807, 2.05) is 41.5 Å². The van der Waals surface area contributed by atoms with Gasteiger partial charge in [-0.2, -0.15) is 0 Å².